The summed E-state index contributed by atoms with van der Waals surface area (Å²) in [7, 11) is 0. The first-order chi connectivity index (χ1) is 7.04. The van der Waals surface area contributed by atoms with Crippen LogP contribution in [0.3, 0.4) is 0 Å². The lowest BCUT2D eigenvalue weighted by atomic mass is 9.91. The molecule has 0 spiro atoms. The van der Waals surface area contributed by atoms with Gasteiger partial charge in [-0.15, -0.1) is 11.3 Å². The minimum absolute atomic E-state index is 0.188. The smallest absolute Gasteiger partial charge is 0.114 e. The van der Waals surface area contributed by atoms with E-state index in [2.05, 4.69) is 25.8 Å². The van der Waals surface area contributed by atoms with Crippen LogP contribution in [0.15, 0.2) is 0 Å². The third kappa shape index (κ3) is 1.95. The van der Waals surface area contributed by atoms with Crippen molar-refractivity contribution in [3.8, 4) is 0 Å². The second kappa shape index (κ2) is 4.07. The molecule has 2 nitrogen and oxygen atoms in total. The average Bonchev–Trinajstić information content (AvgIpc) is 2.53. The highest BCUT2D eigenvalue weighted by Crippen LogP contribution is 2.41. The second-order valence-electron chi connectivity index (χ2n) is 4.32. The molecule has 0 radical (unpaired) electrons. The Hall–Kier alpha value is -0.0600. The van der Waals surface area contributed by atoms with E-state index >= 15 is 0 Å². The SMILES string of the molecule is Cc1nc(C2(N)CCCSC2C)sc1C. The molecule has 0 aliphatic carbocycles. The van der Waals surface area contributed by atoms with Crippen LogP contribution in [-0.2, 0) is 5.54 Å². The number of thioether (sulfide) groups is 1. The number of aromatic nitrogens is 1. The fourth-order valence-electron chi connectivity index (χ4n) is 1.93. The highest BCUT2D eigenvalue weighted by molar-refractivity contribution is 8.00. The van der Waals surface area contributed by atoms with E-state index in [4.69, 9.17) is 5.73 Å². The molecule has 2 heterocycles. The number of hydrogen-bond donors (Lipinski definition) is 1. The Morgan fingerprint density at radius 3 is 2.73 bits per heavy atom. The van der Waals surface area contributed by atoms with Crippen LogP contribution in [0.2, 0.25) is 0 Å². The summed E-state index contributed by atoms with van der Waals surface area (Å²) in [5, 5.41) is 1.62. The van der Waals surface area contributed by atoms with E-state index < -0.39 is 0 Å². The maximum Gasteiger partial charge on any atom is 0.114 e. The summed E-state index contributed by atoms with van der Waals surface area (Å²) in [6.07, 6.45) is 2.29. The first-order valence-corrected chi connectivity index (χ1v) is 7.25. The summed E-state index contributed by atoms with van der Waals surface area (Å²) in [6, 6.07) is 0. The van der Waals surface area contributed by atoms with Gasteiger partial charge in [-0.05, 0) is 32.4 Å². The minimum atomic E-state index is -0.188. The van der Waals surface area contributed by atoms with E-state index in [1.54, 1.807) is 11.3 Å². The lowest BCUT2D eigenvalue weighted by molar-refractivity contribution is 0.388. The predicted molar refractivity (Wildman–Crippen MR) is 68.6 cm³/mol. The Morgan fingerprint density at radius 1 is 1.47 bits per heavy atom. The lowest BCUT2D eigenvalue weighted by Crippen LogP contribution is -2.47. The fraction of sp³-hybridized carbons (Fsp3) is 0.727. The number of hydrogen-bond acceptors (Lipinski definition) is 4. The topological polar surface area (TPSA) is 38.9 Å². The first-order valence-electron chi connectivity index (χ1n) is 5.39. The number of rotatable bonds is 1. The third-order valence-corrected chi connectivity index (χ3v) is 5.97. The highest BCUT2D eigenvalue weighted by Gasteiger charge is 2.39. The molecular weight excluding hydrogens is 224 g/mol. The van der Waals surface area contributed by atoms with Gasteiger partial charge in [-0.3, -0.25) is 0 Å². The Morgan fingerprint density at radius 2 is 2.20 bits per heavy atom. The van der Waals surface area contributed by atoms with Crippen LogP contribution in [0.4, 0.5) is 0 Å². The van der Waals surface area contributed by atoms with E-state index in [1.165, 1.54) is 17.1 Å². The molecule has 15 heavy (non-hydrogen) atoms. The normalized spacial score (nSPS) is 31.9. The van der Waals surface area contributed by atoms with Gasteiger partial charge in [0.25, 0.3) is 0 Å². The van der Waals surface area contributed by atoms with Gasteiger partial charge in [0.1, 0.15) is 5.01 Å². The van der Waals surface area contributed by atoms with Crippen LogP contribution in [-0.4, -0.2) is 16.0 Å². The van der Waals surface area contributed by atoms with Gasteiger partial charge in [0.15, 0.2) is 0 Å². The van der Waals surface area contributed by atoms with E-state index in [0.29, 0.717) is 5.25 Å². The van der Waals surface area contributed by atoms with E-state index in [-0.39, 0.29) is 5.54 Å². The van der Waals surface area contributed by atoms with E-state index in [0.717, 1.165) is 17.1 Å². The largest absolute Gasteiger partial charge is 0.319 e. The summed E-state index contributed by atoms with van der Waals surface area (Å²) in [5.74, 6) is 1.24. The van der Waals surface area contributed by atoms with Crippen molar-refractivity contribution in [1.29, 1.82) is 0 Å². The van der Waals surface area contributed by atoms with Crippen molar-refractivity contribution in [2.75, 3.05) is 5.75 Å². The maximum atomic E-state index is 6.53. The van der Waals surface area contributed by atoms with Gasteiger partial charge in [-0.25, -0.2) is 4.98 Å². The maximum absolute atomic E-state index is 6.53. The zero-order valence-electron chi connectivity index (χ0n) is 9.54. The molecule has 1 fully saturated rings. The number of thiazole rings is 1. The zero-order chi connectivity index (χ0) is 11.1. The van der Waals surface area contributed by atoms with Crippen LogP contribution in [0.5, 0.6) is 0 Å². The molecule has 1 aromatic heterocycles. The van der Waals surface area contributed by atoms with E-state index in [1.807, 2.05) is 11.8 Å². The highest BCUT2D eigenvalue weighted by atomic mass is 32.2. The van der Waals surface area contributed by atoms with Gasteiger partial charge in [-0.1, -0.05) is 6.92 Å². The first kappa shape index (κ1) is 11.4. The molecule has 1 aliphatic rings. The van der Waals surface area contributed by atoms with Gasteiger partial charge < -0.3 is 5.73 Å². The summed E-state index contributed by atoms with van der Waals surface area (Å²) in [6.45, 7) is 6.43. The quantitative estimate of drug-likeness (QED) is 0.823. The molecule has 0 amide bonds. The molecule has 0 aromatic carbocycles. The van der Waals surface area contributed by atoms with Crippen LogP contribution in [0, 0.1) is 13.8 Å². The Balaban J connectivity index is 2.34. The second-order valence-corrected chi connectivity index (χ2v) is 6.97. The molecule has 0 bridgehead atoms. The molecule has 2 unspecified atom stereocenters. The molecule has 0 saturated carbocycles. The van der Waals surface area contributed by atoms with Crippen LogP contribution >= 0.6 is 23.1 Å². The van der Waals surface area contributed by atoms with Gasteiger partial charge in [0.05, 0.1) is 11.2 Å². The summed E-state index contributed by atoms with van der Waals surface area (Å²) < 4.78 is 0. The van der Waals surface area contributed by atoms with Crippen molar-refractivity contribution in [1.82, 2.24) is 4.98 Å². The Labute approximate surface area is 99.7 Å². The van der Waals surface area contributed by atoms with Gasteiger partial charge in [0.2, 0.25) is 0 Å². The number of nitrogens with two attached hydrogens (primary N) is 1. The van der Waals surface area contributed by atoms with Gasteiger partial charge >= 0.3 is 0 Å². The third-order valence-electron chi connectivity index (χ3n) is 3.25. The molecule has 1 saturated heterocycles. The molecule has 2 N–H and O–H groups in total. The van der Waals surface area contributed by atoms with Crippen molar-refractivity contribution in [2.45, 2.75) is 44.4 Å². The van der Waals surface area contributed by atoms with Crippen LogP contribution < -0.4 is 5.73 Å². The summed E-state index contributed by atoms with van der Waals surface area (Å²) in [5.41, 5.74) is 7.49. The monoisotopic (exact) mass is 242 g/mol. The molecule has 84 valence electrons. The summed E-state index contributed by atoms with van der Waals surface area (Å²) in [4.78, 5) is 5.94. The van der Waals surface area contributed by atoms with Gasteiger partial charge in [0, 0.05) is 10.1 Å². The Kier molecular flexibility index (Phi) is 3.10. The van der Waals surface area contributed by atoms with Crippen molar-refractivity contribution in [3.63, 3.8) is 0 Å². The Bertz CT molecular complexity index is 342. The molecule has 4 heteroatoms. The standard InChI is InChI=1S/C11H18N2S2/c1-7-8(2)15-10(13-7)11(12)5-4-6-14-9(11)3/h9H,4-6,12H2,1-3H3. The van der Waals surface area contributed by atoms with E-state index in [9.17, 15) is 0 Å². The molecule has 1 aromatic rings. The van der Waals surface area contributed by atoms with Crippen molar-refractivity contribution < 1.29 is 0 Å². The fourth-order valence-corrected chi connectivity index (χ4v) is 4.33. The van der Waals surface area contributed by atoms with Crippen LogP contribution in [0.25, 0.3) is 0 Å². The molecular formula is C11H18N2S2. The van der Waals surface area contributed by atoms with Crippen LogP contribution in [0.1, 0.15) is 35.3 Å². The average molecular weight is 242 g/mol. The molecule has 2 atom stereocenters. The van der Waals surface area contributed by atoms with Crippen molar-refractivity contribution >= 4 is 23.1 Å². The van der Waals surface area contributed by atoms with Gasteiger partial charge in [-0.2, -0.15) is 11.8 Å². The minimum Gasteiger partial charge on any atom is -0.319 e. The molecule has 1 aliphatic heterocycles. The summed E-state index contributed by atoms with van der Waals surface area (Å²) >= 11 is 3.75. The molecule has 2 rings (SSSR count). The lowest BCUT2D eigenvalue weighted by Gasteiger charge is -2.37. The number of aryl methyl sites for hydroxylation is 2. The van der Waals surface area contributed by atoms with Crippen molar-refractivity contribution in [2.24, 2.45) is 5.73 Å². The predicted octanol–water partition coefficient (Wildman–Crippen LogP) is 2.83. The van der Waals surface area contributed by atoms with Crippen molar-refractivity contribution in [3.05, 3.63) is 15.6 Å². The zero-order valence-corrected chi connectivity index (χ0v) is 11.2. The number of nitrogens with zero attached hydrogens (tertiary/aromatic N) is 1.